The first-order valence-corrected chi connectivity index (χ1v) is 11.3. The fourth-order valence-corrected chi connectivity index (χ4v) is 4.09. The van der Waals surface area contributed by atoms with Gasteiger partial charge in [-0.1, -0.05) is 19.1 Å². The molecule has 1 aromatic carbocycles. The molecule has 1 N–H and O–H groups in total. The van der Waals surface area contributed by atoms with Crippen LogP contribution in [0.5, 0.6) is 0 Å². The number of hydrogen-bond acceptors (Lipinski definition) is 7. The Morgan fingerprint density at radius 1 is 1.29 bits per heavy atom. The van der Waals surface area contributed by atoms with Crippen molar-refractivity contribution in [1.82, 2.24) is 0 Å². The van der Waals surface area contributed by atoms with Gasteiger partial charge < -0.3 is 24.1 Å². The van der Waals surface area contributed by atoms with Crippen LogP contribution >= 0.6 is 0 Å². The highest BCUT2D eigenvalue weighted by Crippen LogP contribution is 2.53. The van der Waals surface area contributed by atoms with Gasteiger partial charge in [-0.3, -0.25) is 0 Å². The van der Waals surface area contributed by atoms with Gasteiger partial charge in [0.25, 0.3) is 0 Å². The zero-order valence-electron chi connectivity index (χ0n) is 16.9. The molecule has 3 atom stereocenters. The van der Waals surface area contributed by atoms with Crippen molar-refractivity contribution >= 4 is 15.4 Å². The molecule has 1 fully saturated rings. The van der Waals surface area contributed by atoms with Gasteiger partial charge in [-0.2, -0.15) is 0 Å². The number of hydrogen-bond donors (Lipinski definition) is 1. The molecule has 156 valence electrons. The molecule has 1 saturated heterocycles. The lowest BCUT2D eigenvalue weighted by Crippen LogP contribution is -2.39. The van der Waals surface area contributed by atoms with Gasteiger partial charge >= 0.3 is 5.97 Å². The van der Waals surface area contributed by atoms with Crippen molar-refractivity contribution in [2.45, 2.75) is 62.8 Å². The molecule has 0 radical (unpaired) electrons. The van der Waals surface area contributed by atoms with Crippen LogP contribution in [0.4, 0.5) is 0 Å². The second-order valence-electron chi connectivity index (χ2n) is 7.64. The summed E-state index contributed by atoms with van der Waals surface area (Å²) in [5.41, 5.74) is 0.743. The van der Waals surface area contributed by atoms with Crippen LogP contribution in [0.25, 0.3) is 5.57 Å². The second-order valence-corrected chi connectivity index (χ2v) is 9.66. The predicted molar refractivity (Wildman–Crippen MR) is 103 cm³/mol. The first kappa shape index (κ1) is 21.3. The van der Waals surface area contributed by atoms with Gasteiger partial charge in [0.15, 0.2) is 15.6 Å². The molecule has 7 nitrogen and oxygen atoms in total. The molecule has 2 aliphatic rings. The standard InChI is InChI=1S/C20H28O7S/c1-6-19(4)17(14-7-9-16(10-8-14)28(5,22)23)18(25-13(2)3)20(27-19)24-12-15(11-21)26-20/h7-10,13,15,21H,6,11-12H2,1-5H3/t15?,19-,20?/m0/s1. The van der Waals surface area contributed by atoms with E-state index in [1.165, 1.54) is 6.26 Å². The molecule has 28 heavy (non-hydrogen) atoms. The number of aliphatic hydroxyl groups is 1. The van der Waals surface area contributed by atoms with Gasteiger partial charge in [-0.25, -0.2) is 8.42 Å². The fraction of sp³-hybridized carbons (Fsp3) is 0.600. The minimum atomic E-state index is -3.30. The first-order valence-electron chi connectivity index (χ1n) is 9.40. The highest BCUT2D eigenvalue weighted by molar-refractivity contribution is 7.90. The van der Waals surface area contributed by atoms with E-state index in [-0.39, 0.29) is 24.2 Å². The quantitative estimate of drug-likeness (QED) is 0.767. The number of aliphatic hydroxyl groups excluding tert-OH is 1. The maximum atomic E-state index is 11.8. The Balaban J connectivity index is 2.16. The predicted octanol–water partition coefficient (Wildman–Crippen LogP) is 2.49. The maximum absolute atomic E-state index is 11.8. The first-order chi connectivity index (χ1) is 13.0. The topological polar surface area (TPSA) is 91.3 Å². The van der Waals surface area contributed by atoms with Gasteiger partial charge in [0, 0.05) is 11.8 Å². The number of rotatable bonds is 6. The van der Waals surface area contributed by atoms with Crippen LogP contribution in [0, 0.1) is 0 Å². The average molecular weight is 413 g/mol. The van der Waals surface area contributed by atoms with Gasteiger partial charge in [-0.05, 0) is 44.9 Å². The number of sulfone groups is 1. The Labute approximate surface area is 166 Å². The summed E-state index contributed by atoms with van der Waals surface area (Å²) in [5, 5.41) is 9.48. The highest BCUT2D eigenvalue weighted by Gasteiger charge is 2.60. The third kappa shape index (κ3) is 3.71. The summed E-state index contributed by atoms with van der Waals surface area (Å²) in [4.78, 5) is 0.240. The van der Waals surface area contributed by atoms with Crippen LogP contribution < -0.4 is 0 Å². The molecule has 8 heteroatoms. The van der Waals surface area contributed by atoms with Crippen LogP contribution in [-0.2, 0) is 28.8 Å². The van der Waals surface area contributed by atoms with Crippen molar-refractivity contribution in [1.29, 1.82) is 0 Å². The molecular weight excluding hydrogens is 384 g/mol. The van der Waals surface area contributed by atoms with Crippen molar-refractivity contribution < 1.29 is 32.5 Å². The van der Waals surface area contributed by atoms with Crippen LogP contribution in [0.2, 0.25) is 0 Å². The third-order valence-corrected chi connectivity index (χ3v) is 6.11. The van der Waals surface area contributed by atoms with Crippen molar-refractivity contribution in [3.63, 3.8) is 0 Å². The molecule has 0 amide bonds. The molecule has 3 rings (SSSR count). The maximum Gasteiger partial charge on any atom is 0.347 e. The monoisotopic (exact) mass is 412 g/mol. The van der Waals surface area contributed by atoms with E-state index in [1.54, 1.807) is 24.3 Å². The van der Waals surface area contributed by atoms with E-state index < -0.39 is 27.5 Å². The lowest BCUT2D eigenvalue weighted by Gasteiger charge is -2.30. The minimum absolute atomic E-state index is 0.166. The van der Waals surface area contributed by atoms with Gasteiger partial charge in [0.2, 0.25) is 0 Å². The average Bonchev–Trinajstić information content (AvgIpc) is 3.14. The van der Waals surface area contributed by atoms with Crippen molar-refractivity contribution in [2.24, 2.45) is 0 Å². The summed E-state index contributed by atoms with van der Waals surface area (Å²) in [7, 11) is -3.30. The molecule has 2 heterocycles. The summed E-state index contributed by atoms with van der Waals surface area (Å²) in [6.45, 7) is 7.68. The van der Waals surface area contributed by atoms with Crippen LogP contribution in [0.3, 0.4) is 0 Å². The lowest BCUT2D eigenvalue weighted by atomic mass is 9.88. The van der Waals surface area contributed by atoms with Crippen LogP contribution in [0.15, 0.2) is 34.9 Å². The molecule has 0 aliphatic carbocycles. The van der Waals surface area contributed by atoms with E-state index >= 15 is 0 Å². The summed E-state index contributed by atoms with van der Waals surface area (Å²) < 4.78 is 47.8. The smallest absolute Gasteiger partial charge is 0.347 e. The summed E-state index contributed by atoms with van der Waals surface area (Å²) >= 11 is 0. The van der Waals surface area contributed by atoms with E-state index in [9.17, 15) is 13.5 Å². The molecule has 2 aliphatic heterocycles. The Morgan fingerprint density at radius 3 is 2.39 bits per heavy atom. The van der Waals surface area contributed by atoms with Crippen molar-refractivity contribution in [2.75, 3.05) is 19.5 Å². The van der Waals surface area contributed by atoms with E-state index in [1.807, 2.05) is 27.7 Å². The molecule has 2 unspecified atom stereocenters. The molecule has 0 saturated carbocycles. The molecule has 0 aromatic heterocycles. The van der Waals surface area contributed by atoms with Gasteiger partial charge in [0.05, 0.1) is 24.2 Å². The highest BCUT2D eigenvalue weighted by atomic mass is 32.2. The van der Waals surface area contributed by atoms with E-state index in [2.05, 4.69) is 0 Å². The van der Waals surface area contributed by atoms with Gasteiger partial charge in [0.1, 0.15) is 11.7 Å². The number of benzene rings is 1. The summed E-state index contributed by atoms with van der Waals surface area (Å²) in [5.74, 6) is -1.11. The van der Waals surface area contributed by atoms with Crippen molar-refractivity contribution in [3.05, 3.63) is 35.6 Å². The molecule has 1 spiro atoms. The third-order valence-electron chi connectivity index (χ3n) is 4.98. The van der Waals surface area contributed by atoms with E-state index in [0.29, 0.717) is 12.2 Å². The Kier molecular flexibility index (Phi) is 5.64. The van der Waals surface area contributed by atoms with Crippen LogP contribution in [0.1, 0.15) is 39.7 Å². The van der Waals surface area contributed by atoms with Crippen LogP contribution in [-0.4, -0.2) is 56.8 Å². The summed E-state index contributed by atoms with van der Waals surface area (Å²) in [6.07, 6.45) is 1.10. The molecular formula is C20H28O7S. The van der Waals surface area contributed by atoms with E-state index in [0.717, 1.165) is 11.1 Å². The Bertz CT molecular complexity index is 859. The lowest BCUT2D eigenvalue weighted by molar-refractivity contribution is -0.342. The molecule has 0 bridgehead atoms. The zero-order valence-corrected chi connectivity index (χ0v) is 17.7. The minimum Gasteiger partial charge on any atom is -0.487 e. The van der Waals surface area contributed by atoms with Gasteiger partial charge in [-0.15, -0.1) is 0 Å². The molecule has 1 aromatic rings. The normalized spacial score (nSPS) is 30.6. The Morgan fingerprint density at radius 2 is 1.93 bits per heavy atom. The summed E-state index contributed by atoms with van der Waals surface area (Å²) in [6, 6.07) is 6.62. The zero-order chi connectivity index (χ0) is 20.7. The second kappa shape index (κ2) is 7.42. The largest absolute Gasteiger partial charge is 0.487 e. The van der Waals surface area contributed by atoms with E-state index in [4.69, 9.17) is 18.9 Å². The fourth-order valence-electron chi connectivity index (χ4n) is 3.46. The SMILES string of the molecule is CC[C@]1(C)OC2(OCC(CO)O2)C(OC(C)C)=C1c1ccc(S(C)(=O)=O)cc1. The Hall–Kier alpha value is -1.45. The van der Waals surface area contributed by atoms with Crippen molar-refractivity contribution in [3.8, 4) is 0 Å². The number of ether oxygens (including phenoxy) is 4.